The molecule has 2 heterocycles. The Kier molecular flexibility index (Phi) is 6.76. The van der Waals surface area contributed by atoms with Crippen molar-refractivity contribution in [1.29, 1.82) is 5.41 Å². The average Bonchev–Trinajstić information content (AvgIpc) is 2.53. The van der Waals surface area contributed by atoms with Crippen LogP contribution in [0.4, 0.5) is 11.5 Å². The van der Waals surface area contributed by atoms with Crippen molar-refractivity contribution >= 4 is 35.5 Å². The summed E-state index contributed by atoms with van der Waals surface area (Å²) in [5, 5.41) is 13.0. The minimum atomic E-state index is 0.172. The molecule has 0 saturated carbocycles. The molecule has 0 unspecified atom stereocenters. The molecule has 1 aromatic heterocycles. The molecule has 7 nitrogen and oxygen atoms in total. The number of aromatic nitrogens is 1. The van der Waals surface area contributed by atoms with Gasteiger partial charge in [-0.2, -0.15) is 0 Å². The Morgan fingerprint density at radius 2 is 2.43 bits per heavy atom. The van der Waals surface area contributed by atoms with Crippen molar-refractivity contribution < 1.29 is 4.74 Å². The number of rotatable bonds is 4. The maximum Gasteiger partial charge on any atom is 0.166 e. The van der Waals surface area contributed by atoms with Gasteiger partial charge in [0.15, 0.2) is 5.75 Å². The summed E-state index contributed by atoms with van der Waals surface area (Å²) in [6.07, 6.45) is 7.72. The highest BCUT2D eigenvalue weighted by Crippen LogP contribution is 2.35. The smallest absolute Gasteiger partial charge is 0.166 e. The number of halogens is 1. The molecule has 0 aromatic carbocycles. The number of allylic oxidation sites excluding steroid dienone is 1. The second-order valence-corrected chi connectivity index (χ2v) is 4.09. The molecular weight excluding hydrogens is 292 g/mol. The first-order valence-corrected chi connectivity index (χ1v) is 6.37. The summed E-state index contributed by atoms with van der Waals surface area (Å²) in [5.74, 6) is 0.768. The predicted octanol–water partition coefficient (Wildman–Crippen LogP) is 2.03. The second kappa shape index (κ2) is 8.60. The third-order valence-corrected chi connectivity index (χ3v) is 2.63. The van der Waals surface area contributed by atoms with Gasteiger partial charge >= 0.3 is 0 Å². The Hall–Kier alpha value is -2.54. The number of ether oxygens (including phenoxy) is 1. The molecule has 112 valence electrons. The van der Waals surface area contributed by atoms with E-state index in [2.05, 4.69) is 27.2 Å². The third-order valence-electron chi connectivity index (χ3n) is 2.26. The van der Waals surface area contributed by atoms with Crippen LogP contribution < -0.4 is 21.1 Å². The van der Waals surface area contributed by atoms with E-state index in [1.165, 1.54) is 6.20 Å². The van der Waals surface area contributed by atoms with Crippen LogP contribution in [0.15, 0.2) is 35.9 Å². The zero-order valence-corrected chi connectivity index (χ0v) is 12.3. The molecule has 5 N–H and O–H groups in total. The molecule has 0 saturated heterocycles. The first-order valence-electron chi connectivity index (χ1n) is 5.99. The third kappa shape index (κ3) is 5.15. The topological polar surface area (TPSA) is 108 Å². The van der Waals surface area contributed by atoms with Gasteiger partial charge in [0.1, 0.15) is 16.6 Å². The van der Waals surface area contributed by atoms with Crippen molar-refractivity contribution in [3.63, 3.8) is 0 Å². The molecule has 0 atom stereocenters. The van der Waals surface area contributed by atoms with Crippen LogP contribution in [0, 0.1) is 5.41 Å². The van der Waals surface area contributed by atoms with Crippen molar-refractivity contribution in [3.05, 3.63) is 36.0 Å². The lowest BCUT2D eigenvalue weighted by Crippen LogP contribution is -2.09. The second-order valence-electron chi connectivity index (χ2n) is 3.72. The number of nitrogens with one attached hydrogen (secondary N) is 3. The van der Waals surface area contributed by atoms with Crippen molar-refractivity contribution in [1.82, 2.24) is 10.3 Å². The van der Waals surface area contributed by atoms with Gasteiger partial charge in [0, 0.05) is 32.2 Å². The van der Waals surface area contributed by atoms with E-state index in [-0.39, 0.29) is 11.6 Å². The molecule has 0 spiro atoms. The predicted molar refractivity (Wildman–Crippen MR) is 87.4 cm³/mol. The van der Waals surface area contributed by atoms with Crippen molar-refractivity contribution in [3.8, 4) is 5.75 Å². The highest BCUT2D eigenvalue weighted by molar-refractivity contribution is 6.35. The van der Waals surface area contributed by atoms with E-state index in [0.29, 0.717) is 16.5 Å². The number of anilines is 2. The van der Waals surface area contributed by atoms with Crippen molar-refractivity contribution in [2.24, 2.45) is 4.99 Å². The summed E-state index contributed by atoms with van der Waals surface area (Å²) in [6.45, 7) is 4.36. The molecular formula is C13H17ClN6O. The van der Waals surface area contributed by atoms with Gasteiger partial charge in [-0.3, -0.25) is 4.99 Å². The molecule has 1 aromatic rings. The van der Waals surface area contributed by atoms with Crippen LogP contribution in [0.1, 0.15) is 0 Å². The summed E-state index contributed by atoms with van der Waals surface area (Å²) in [6, 6.07) is 0. The number of pyridine rings is 1. The SMILES string of the molecule is C1=CNCC=N1.C=C(C=N)Oc1cnc(N)c(NC)c1Cl. The Morgan fingerprint density at radius 1 is 1.67 bits per heavy atom. The van der Waals surface area contributed by atoms with Gasteiger partial charge in [-0.15, -0.1) is 0 Å². The molecule has 2 rings (SSSR count). The highest BCUT2D eigenvalue weighted by atomic mass is 35.5. The largest absolute Gasteiger partial charge is 0.453 e. The summed E-state index contributed by atoms with van der Waals surface area (Å²) < 4.78 is 5.16. The van der Waals surface area contributed by atoms with Gasteiger partial charge in [0.2, 0.25) is 0 Å². The van der Waals surface area contributed by atoms with E-state index in [1.54, 1.807) is 13.2 Å². The van der Waals surface area contributed by atoms with Gasteiger partial charge in [-0.25, -0.2) is 4.98 Å². The summed E-state index contributed by atoms with van der Waals surface area (Å²) >= 11 is 5.99. The van der Waals surface area contributed by atoms with E-state index in [4.69, 9.17) is 27.5 Å². The van der Waals surface area contributed by atoms with Crippen LogP contribution in [0.2, 0.25) is 5.02 Å². The molecule has 1 aliphatic rings. The van der Waals surface area contributed by atoms with Gasteiger partial charge in [0.05, 0.1) is 18.1 Å². The molecule has 0 radical (unpaired) electrons. The van der Waals surface area contributed by atoms with E-state index < -0.39 is 0 Å². The van der Waals surface area contributed by atoms with E-state index in [9.17, 15) is 0 Å². The number of nitrogens with zero attached hydrogens (tertiary/aromatic N) is 2. The van der Waals surface area contributed by atoms with E-state index in [0.717, 1.165) is 12.8 Å². The minimum Gasteiger partial charge on any atom is -0.453 e. The standard InChI is InChI=1S/C9H11ClN4O.C4H6N2/c1-5(3-11)15-6-4-14-9(12)8(13-2)7(6)10;1-2-6-4-3-5-1/h3-4,11,13H,1H2,2H3,(H2,12,14);1-3,6H,4H2. The minimum absolute atomic E-state index is 0.172. The van der Waals surface area contributed by atoms with Crippen LogP contribution in [0.3, 0.4) is 0 Å². The van der Waals surface area contributed by atoms with Gasteiger partial charge in [0.25, 0.3) is 0 Å². The molecule has 0 amide bonds. The zero-order chi connectivity index (χ0) is 15.7. The summed E-state index contributed by atoms with van der Waals surface area (Å²) in [4.78, 5) is 7.70. The van der Waals surface area contributed by atoms with E-state index >= 15 is 0 Å². The number of hydrogen-bond acceptors (Lipinski definition) is 7. The normalized spacial score (nSPS) is 11.7. The Balaban J connectivity index is 0.000000304. The lowest BCUT2D eigenvalue weighted by atomic mass is 10.3. The molecule has 1 aliphatic heterocycles. The maximum atomic E-state index is 6.92. The zero-order valence-electron chi connectivity index (χ0n) is 11.6. The quantitative estimate of drug-likeness (QED) is 0.503. The fraction of sp³-hybridized carbons (Fsp3) is 0.154. The fourth-order valence-electron chi connectivity index (χ4n) is 1.29. The molecule has 0 fully saturated rings. The maximum absolute atomic E-state index is 6.92. The van der Waals surface area contributed by atoms with Crippen LogP contribution >= 0.6 is 11.6 Å². The van der Waals surface area contributed by atoms with Crippen LogP contribution in [-0.2, 0) is 0 Å². The first-order chi connectivity index (χ1) is 10.1. The Morgan fingerprint density at radius 3 is 2.86 bits per heavy atom. The summed E-state index contributed by atoms with van der Waals surface area (Å²) in [7, 11) is 1.68. The number of aliphatic imine (C=N–C) groups is 1. The summed E-state index contributed by atoms with van der Waals surface area (Å²) in [5.41, 5.74) is 6.08. The highest BCUT2D eigenvalue weighted by Gasteiger charge is 2.11. The van der Waals surface area contributed by atoms with Crippen LogP contribution in [0.5, 0.6) is 5.75 Å². The van der Waals surface area contributed by atoms with Gasteiger partial charge < -0.3 is 26.5 Å². The monoisotopic (exact) mass is 308 g/mol. The molecule has 0 aliphatic carbocycles. The van der Waals surface area contributed by atoms with E-state index in [1.807, 2.05) is 12.4 Å². The number of nitrogen functional groups attached to an aromatic ring is 1. The number of hydrogen-bond donors (Lipinski definition) is 4. The van der Waals surface area contributed by atoms with Crippen LogP contribution in [-0.4, -0.2) is 31.0 Å². The molecule has 21 heavy (non-hydrogen) atoms. The fourth-order valence-corrected chi connectivity index (χ4v) is 1.57. The average molecular weight is 309 g/mol. The Labute approximate surface area is 128 Å². The molecule has 8 heteroatoms. The van der Waals surface area contributed by atoms with Crippen molar-refractivity contribution in [2.45, 2.75) is 0 Å². The molecule has 0 bridgehead atoms. The lowest BCUT2D eigenvalue weighted by molar-refractivity contribution is 0.457. The van der Waals surface area contributed by atoms with Crippen molar-refractivity contribution in [2.75, 3.05) is 24.6 Å². The van der Waals surface area contributed by atoms with Crippen LogP contribution in [0.25, 0.3) is 0 Å². The Bertz CT molecular complexity index is 558. The number of nitrogens with two attached hydrogens (primary N) is 1. The first kappa shape index (κ1) is 16.5. The van der Waals surface area contributed by atoms with Gasteiger partial charge in [-0.05, 0) is 0 Å². The van der Waals surface area contributed by atoms with Gasteiger partial charge in [-0.1, -0.05) is 18.2 Å². The lowest BCUT2D eigenvalue weighted by Gasteiger charge is -2.11.